The van der Waals surface area contributed by atoms with Gasteiger partial charge in [-0.25, -0.2) is 4.79 Å². The second-order valence-corrected chi connectivity index (χ2v) is 7.14. The van der Waals surface area contributed by atoms with E-state index in [-0.39, 0.29) is 17.7 Å². The highest BCUT2D eigenvalue weighted by Gasteiger charge is 2.41. The summed E-state index contributed by atoms with van der Waals surface area (Å²) in [5.41, 5.74) is 0.950. The zero-order valence-corrected chi connectivity index (χ0v) is 16.3. The van der Waals surface area contributed by atoms with Crippen molar-refractivity contribution >= 4 is 17.8 Å². The minimum absolute atomic E-state index is 0.212. The Morgan fingerprint density at radius 1 is 1.26 bits per heavy atom. The Hall–Kier alpha value is -2.63. The monoisotopic (exact) mass is 372 g/mol. The first kappa shape index (κ1) is 20.7. The van der Waals surface area contributed by atoms with Crippen LogP contribution in [0.25, 0.3) is 0 Å². The van der Waals surface area contributed by atoms with Gasteiger partial charge in [0.05, 0.1) is 7.11 Å². The summed E-state index contributed by atoms with van der Waals surface area (Å²) >= 11 is 0. The molecule has 0 radical (unpaired) electrons. The standard InChI is InChI=1S/C21H28N2O4/c1-5-19(24)22-11-12-23(20(25)17(22)13-15(2)3)18(21(26)27-4)14-16-9-7-6-8-10-16/h5-10,15,17-18H,1,11-14H2,2-4H3/t17-,18-/m0/s1. The number of nitrogens with zero attached hydrogens (tertiary/aromatic N) is 2. The molecule has 6 heteroatoms. The number of ether oxygens (including phenoxy) is 1. The fraction of sp³-hybridized carbons (Fsp3) is 0.476. The number of piperazine rings is 1. The summed E-state index contributed by atoms with van der Waals surface area (Å²) in [5.74, 6) is -0.688. The predicted molar refractivity (Wildman–Crippen MR) is 103 cm³/mol. The molecule has 1 aliphatic heterocycles. The van der Waals surface area contributed by atoms with E-state index in [1.165, 1.54) is 13.2 Å². The number of carbonyl (C=O) groups is 3. The minimum Gasteiger partial charge on any atom is -0.467 e. The number of benzene rings is 1. The molecule has 1 aromatic rings. The van der Waals surface area contributed by atoms with Crippen LogP contribution in [0.1, 0.15) is 25.8 Å². The molecule has 1 aromatic carbocycles. The molecule has 0 saturated carbocycles. The largest absolute Gasteiger partial charge is 0.467 e. The minimum atomic E-state index is -0.708. The maximum absolute atomic E-state index is 13.2. The van der Waals surface area contributed by atoms with Gasteiger partial charge >= 0.3 is 5.97 Å². The Labute approximate surface area is 160 Å². The van der Waals surface area contributed by atoms with Gasteiger partial charge in [-0.05, 0) is 24.0 Å². The number of hydrogen-bond acceptors (Lipinski definition) is 4. The molecule has 2 amide bonds. The van der Waals surface area contributed by atoms with Crippen molar-refractivity contribution in [1.29, 1.82) is 0 Å². The van der Waals surface area contributed by atoms with Crippen molar-refractivity contribution < 1.29 is 19.1 Å². The summed E-state index contributed by atoms with van der Waals surface area (Å²) in [6.45, 7) is 8.21. The van der Waals surface area contributed by atoms with Gasteiger partial charge < -0.3 is 14.5 Å². The van der Waals surface area contributed by atoms with Gasteiger partial charge in [0.25, 0.3) is 0 Å². The third kappa shape index (κ3) is 4.96. The number of esters is 1. The van der Waals surface area contributed by atoms with Crippen molar-refractivity contribution in [3.8, 4) is 0 Å². The maximum atomic E-state index is 13.2. The molecule has 0 spiro atoms. The lowest BCUT2D eigenvalue weighted by molar-refractivity contribution is -0.160. The van der Waals surface area contributed by atoms with E-state index in [4.69, 9.17) is 4.74 Å². The Kier molecular flexibility index (Phi) is 7.16. The zero-order chi connectivity index (χ0) is 20.0. The van der Waals surface area contributed by atoms with Crippen LogP contribution in [0.2, 0.25) is 0 Å². The third-order valence-electron chi connectivity index (χ3n) is 4.80. The van der Waals surface area contributed by atoms with E-state index < -0.39 is 18.1 Å². The van der Waals surface area contributed by atoms with Crippen LogP contribution in [-0.2, 0) is 25.5 Å². The van der Waals surface area contributed by atoms with E-state index in [0.29, 0.717) is 25.9 Å². The predicted octanol–water partition coefficient (Wildman–Crippen LogP) is 2.04. The summed E-state index contributed by atoms with van der Waals surface area (Å²) < 4.78 is 4.97. The average Bonchev–Trinajstić information content (AvgIpc) is 2.67. The molecule has 6 nitrogen and oxygen atoms in total. The first-order chi connectivity index (χ1) is 12.9. The van der Waals surface area contributed by atoms with E-state index >= 15 is 0 Å². The van der Waals surface area contributed by atoms with Crippen LogP contribution in [0.5, 0.6) is 0 Å². The Balaban J connectivity index is 2.30. The molecular weight excluding hydrogens is 344 g/mol. The molecule has 146 valence electrons. The van der Waals surface area contributed by atoms with Crippen LogP contribution in [0.15, 0.2) is 43.0 Å². The van der Waals surface area contributed by atoms with Gasteiger partial charge in [0.15, 0.2) is 0 Å². The number of rotatable bonds is 7. The van der Waals surface area contributed by atoms with Crippen molar-refractivity contribution in [3.05, 3.63) is 48.6 Å². The lowest BCUT2D eigenvalue weighted by Crippen LogP contribution is -2.62. The topological polar surface area (TPSA) is 66.9 Å². The van der Waals surface area contributed by atoms with Crippen LogP contribution < -0.4 is 0 Å². The number of methoxy groups -OCH3 is 1. The molecular formula is C21H28N2O4. The Morgan fingerprint density at radius 2 is 1.93 bits per heavy atom. The average molecular weight is 372 g/mol. The molecule has 0 N–H and O–H groups in total. The first-order valence-corrected chi connectivity index (χ1v) is 9.24. The highest BCUT2D eigenvalue weighted by Crippen LogP contribution is 2.23. The van der Waals surface area contributed by atoms with Gasteiger partial charge in [0.1, 0.15) is 12.1 Å². The normalized spacial score (nSPS) is 18.4. The lowest BCUT2D eigenvalue weighted by Gasteiger charge is -2.43. The second-order valence-electron chi connectivity index (χ2n) is 7.14. The Morgan fingerprint density at radius 3 is 2.48 bits per heavy atom. The highest BCUT2D eigenvalue weighted by atomic mass is 16.5. The summed E-state index contributed by atoms with van der Waals surface area (Å²) in [7, 11) is 1.33. The SMILES string of the molecule is C=CC(=O)N1CCN([C@@H](Cc2ccccc2)C(=O)OC)C(=O)[C@@H]1CC(C)C. The Bertz CT molecular complexity index is 687. The van der Waals surface area contributed by atoms with E-state index in [1.54, 1.807) is 9.80 Å². The molecule has 27 heavy (non-hydrogen) atoms. The van der Waals surface area contributed by atoms with Crippen LogP contribution in [0.4, 0.5) is 0 Å². The summed E-state index contributed by atoms with van der Waals surface area (Å²) in [4.78, 5) is 41.0. The molecule has 0 aliphatic carbocycles. The molecule has 0 unspecified atom stereocenters. The fourth-order valence-electron chi connectivity index (χ4n) is 3.47. The van der Waals surface area contributed by atoms with Gasteiger partial charge in [0.2, 0.25) is 11.8 Å². The highest BCUT2D eigenvalue weighted by molar-refractivity contribution is 5.95. The molecule has 1 heterocycles. The number of carbonyl (C=O) groups excluding carboxylic acids is 3. The van der Waals surface area contributed by atoms with Crippen LogP contribution in [0, 0.1) is 5.92 Å². The quantitative estimate of drug-likeness (QED) is 0.543. The van der Waals surface area contributed by atoms with Gasteiger partial charge in [-0.3, -0.25) is 9.59 Å². The van der Waals surface area contributed by atoms with Crippen molar-refractivity contribution in [2.24, 2.45) is 5.92 Å². The number of hydrogen-bond donors (Lipinski definition) is 0. The van der Waals surface area contributed by atoms with Crippen LogP contribution in [-0.4, -0.2) is 59.9 Å². The molecule has 2 rings (SSSR count). The molecule has 2 atom stereocenters. The van der Waals surface area contributed by atoms with Crippen molar-refractivity contribution in [2.75, 3.05) is 20.2 Å². The maximum Gasteiger partial charge on any atom is 0.328 e. The van der Waals surface area contributed by atoms with Crippen molar-refractivity contribution in [2.45, 2.75) is 38.8 Å². The molecule has 1 fully saturated rings. The summed E-state index contributed by atoms with van der Waals surface area (Å²) in [5, 5.41) is 0. The van der Waals surface area contributed by atoms with Crippen molar-refractivity contribution in [3.63, 3.8) is 0 Å². The fourth-order valence-corrected chi connectivity index (χ4v) is 3.47. The smallest absolute Gasteiger partial charge is 0.328 e. The molecule has 0 bridgehead atoms. The zero-order valence-electron chi connectivity index (χ0n) is 16.3. The van der Waals surface area contributed by atoms with Crippen LogP contribution >= 0.6 is 0 Å². The molecule has 0 aromatic heterocycles. The van der Waals surface area contributed by atoms with Crippen molar-refractivity contribution in [1.82, 2.24) is 9.80 Å². The van der Waals surface area contributed by atoms with Gasteiger partial charge in [-0.2, -0.15) is 0 Å². The third-order valence-corrected chi connectivity index (χ3v) is 4.80. The lowest BCUT2D eigenvalue weighted by atomic mass is 9.96. The summed E-state index contributed by atoms with van der Waals surface area (Å²) in [6.07, 6.45) is 2.15. The van der Waals surface area contributed by atoms with E-state index in [1.807, 2.05) is 44.2 Å². The second kappa shape index (κ2) is 9.35. The van der Waals surface area contributed by atoms with E-state index in [2.05, 4.69) is 6.58 Å². The van der Waals surface area contributed by atoms with E-state index in [0.717, 1.165) is 5.56 Å². The van der Waals surface area contributed by atoms with Crippen LogP contribution in [0.3, 0.4) is 0 Å². The summed E-state index contributed by atoms with van der Waals surface area (Å²) in [6, 6.07) is 8.24. The van der Waals surface area contributed by atoms with Gasteiger partial charge in [0, 0.05) is 19.5 Å². The first-order valence-electron chi connectivity index (χ1n) is 9.24. The molecule has 1 aliphatic rings. The molecule has 1 saturated heterocycles. The number of amides is 2. The van der Waals surface area contributed by atoms with Gasteiger partial charge in [-0.15, -0.1) is 0 Å². The van der Waals surface area contributed by atoms with Gasteiger partial charge in [-0.1, -0.05) is 50.8 Å². The van der Waals surface area contributed by atoms with E-state index in [9.17, 15) is 14.4 Å².